The summed E-state index contributed by atoms with van der Waals surface area (Å²) in [6.45, 7) is 0.237. The second-order valence-electron chi connectivity index (χ2n) is 4.36. The molecule has 17 heavy (non-hydrogen) atoms. The third-order valence-electron chi connectivity index (χ3n) is 3.01. The summed E-state index contributed by atoms with van der Waals surface area (Å²) in [5.41, 5.74) is 1.89. The third kappa shape index (κ3) is 1.92. The molecular weight excluding hydrogens is 231 g/mol. The standard InChI is InChI=1S/C11H10F3N3/c12-11(13,14)10-16-8-5-15-4-3-7(8)9(17-10)6-1-2-6/h4,6H,1-3,5H2. The Hall–Kier alpha value is -1.46. The first-order chi connectivity index (χ1) is 8.05. The van der Waals surface area contributed by atoms with Crippen LogP contribution in [0.15, 0.2) is 4.99 Å². The zero-order valence-corrected chi connectivity index (χ0v) is 8.96. The molecule has 90 valence electrons. The highest BCUT2D eigenvalue weighted by molar-refractivity contribution is 5.65. The quantitative estimate of drug-likeness (QED) is 0.757. The molecule has 0 amide bonds. The monoisotopic (exact) mass is 241 g/mol. The van der Waals surface area contributed by atoms with Crippen molar-refractivity contribution in [3.63, 3.8) is 0 Å². The maximum atomic E-state index is 12.7. The summed E-state index contributed by atoms with van der Waals surface area (Å²) in [7, 11) is 0. The molecule has 1 aliphatic heterocycles. The highest BCUT2D eigenvalue weighted by Gasteiger charge is 2.38. The molecule has 2 heterocycles. The van der Waals surface area contributed by atoms with Crippen molar-refractivity contribution in [1.29, 1.82) is 0 Å². The van der Waals surface area contributed by atoms with E-state index < -0.39 is 12.0 Å². The van der Waals surface area contributed by atoms with Crippen LogP contribution in [0.3, 0.4) is 0 Å². The Morgan fingerprint density at radius 2 is 1.94 bits per heavy atom. The second kappa shape index (κ2) is 3.51. The van der Waals surface area contributed by atoms with Crippen molar-refractivity contribution < 1.29 is 13.2 Å². The van der Waals surface area contributed by atoms with Crippen molar-refractivity contribution in [3.8, 4) is 0 Å². The highest BCUT2D eigenvalue weighted by atomic mass is 19.4. The van der Waals surface area contributed by atoms with Crippen molar-refractivity contribution in [2.75, 3.05) is 0 Å². The van der Waals surface area contributed by atoms with Crippen LogP contribution in [0.25, 0.3) is 0 Å². The van der Waals surface area contributed by atoms with Gasteiger partial charge in [0.2, 0.25) is 5.82 Å². The second-order valence-corrected chi connectivity index (χ2v) is 4.36. The molecule has 1 fully saturated rings. The number of nitrogens with zero attached hydrogens (tertiary/aromatic N) is 3. The molecule has 1 aromatic heterocycles. The van der Waals surface area contributed by atoms with E-state index in [0.29, 0.717) is 17.8 Å². The summed E-state index contributed by atoms with van der Waals surface area (Å²) < 4.78 is 38.0. The van der Waals surface area contributed by atoms with Crippen LogP contribution in [0.5, 0.6) is 0 Å². The molecule has 0 atom stereocenters. The van der Waals surface area contributed by atoms with Gasteiger partial charge in [-0.3, -0.25) is 4.99 Å². The number of aliphatic imine (C=N–C) groups is 1. The zero-order chi connectivity index (χ0) is 12.0. The van der Waals surface area contributed by atoms with Crippen LogP contribution in [0, 0.1) is 0 Å². The maximum absolute atomic E-state index is 12.7. The SMILES string of the molecule is FC(F)(F)c1nc2c(c(C3CC3)n1)CC=NC2. The van der Waals surface area contributed by atoms with E-state index in [1.54, 1.807) is 6.21 Å². The smallest absolute Gasteiger partial charge is 0.291 e. The fourth-order valence-corrected chi connectivity index (χ4v) is 2.03. The van der Waals surface area contributed by atoms with Crippen LogP contribution in [0.1, 0.15) is 41.5 Å². The minimum Gasteiger partial charge on any atom is -0.291 e. The summed E-state index contributed by atoms with van der Waals surface area (Å²) in [5.74, 6) is -0.824. The molecule has 1 aliphatic carbocycles. The van der Waals surface area contributed by atoms with Gasteiger partial charge in [0.05, 0.1) is 17.9 Å². The largest absolute Gasteiger partial charge is 0.451 e. The molecule has 6 heteroatoms. The van der Waals surface area contributed by atoms with Gasteiger partial charge in [-0.25, -0.2) is 9.97 Å². The van der Waals surface area contributed by atoms with Crippen LogP contribution in [-0.4, -0.2) is 16.2 Å². The van der Waals surface area contributed by atoms with Crippen LogP contribution >= 0.6 is 0 Å². The predicted octanol–water partition coefficient (Wildman–Crippen LogP) is 2.50. The first-order valence-electron chi connectivity index (χ1n) is 5.51. The molecule has 0 unspecified atom stereocenters. The third-order valence-corrected chi connectivity index (χ3v) is 3.01. The van der Waals surface area contributed by atoms with Crippen molar-refractivity contribution in [3.05, 3.63) is 22.8 Å². The van der Waals surface area contributed by atoms with Gasteiger partial charge in [-0.2, -0.15) is 13.2 Å². The average molecular weight is 241 g/mol. The topological polar surface area (TPSA) is 38.1 Å². The molecule has 3 nitrogen and oxygen atoms in total. The Labute approximate surface area is 95.8 Å². The molecule has 3 rings (SSSR count). The summed E-state index contributed by atoms with van der Waals surface area (Å²) in [5, 5.41) is 0. The molecule has 2 aliphatic rings. The van der Waals surface area contributed by atoms with Gasteiger partial charge in [0, 0.05) is 24.1 Å². The predicted molar refractivity (Wildman–Crippen MR) is 54.9 cm³/mol. The van der Waals surface area contributed by atoms with Gasteiger partial charge < -0.3 is 0 Å². The Morgan fingerprint density at radius 1 is 1.18 bits per heavy atom. The van der Waals surface area contributed by atoms with E-state index in [1.807, 2.05) is 0 Å². The number of alkyl halides is 3. The molecule has 0 N–H and O–H groups in total. The summed E-state index contributed by atoms with van der Waals surface area (Å²) in [6, 6.07) is 0. The van der Waals surface area contributed by atoms with Gasteiger partial charge >= 0.3 is 6.18 Å². The fourth-order valence-electron chi connectivity index (χ4n) is 2.03. The van der Waals surface area contributed by atoms with Crippen LogP contribution in [0.4, 0.5) is 13.2 Å². The number of aromatic nitrogens is 2. The lowest BCUT2D eigenvalue weighted by Gasteiger charge is -2.16. The van der Waals surface area contributed by atoms with Crippen LogP contribution in [-0.2, 0) is 19.1 Å². The van der Waals surface area contributed by atoms with Crippen molar-refractivity contribution in [1.82, 2.24) is 9.97 Å². The van der Waals surface area contributed by atoms with E-state index in [9.17, 15) is 13.2 Å². The fraction of sp³-hybridized carbons (Fsp3) is 0.545. The Morgan fingerprint density at radius 3 is 2.59 bits per heavy atom. The molecule has 0 bridgehead atoms. The summed E-state index contributed by atoms with van der Waals surface area (Å²) in [6.07, 6.45) is -0.334. The van der Waals surface area contributed by atoms with Gasteiger partial charge in [0.25, 0.3) is 0 Å². The van der Waals surface area contributed by atoms with Gasteiger partial charge in [0.1, 0.15) is 0 Å². The summed E-state index contributed by atoms with van der Waals surface area (Å²) >= 11 is 0. The van der Waals surface area contributed by atoms with Crippen molar-refractivity contribution in [2.45, 2.75) is 37.9 Å². The van der Waals surface area contributed by atoms with Gasteiger partial charge in [-0.05, 0) is 12.8 Å². The van der Waals surface area contributed by atoms with Crippen molar-refractivity contribution in [2.24, 2.45) is 4.99 Å². The van der Waals surface area contributed by atoms with Gasteiger partial charge in [-0.15, -0.1) is 0 Å². The first-order valence-corrected chi connectivity index (χ1v) is 5.51. The summed E-state index contributed by atoms with van der Waals surface area (Å²) in [4.78, 5) is 11.3. The maximum Gasteiger partial charge on any atom is 0.451 e. The normalized spacial score (nSPS) is 19.2. The Kier molecular flexibility index (Phi) is 2.21. The van der Waals surface area contributed by atoms with Crippen LogP contribution < -0.4 is 0 Å². The molecule has 0 aromatic carbocycles. The van der Waals surface area contributed by atoms with Gasteiger partial charge in [0.15, 0.2) is 0 Å². The van der Waals surface area contributed by atoms with E-state index in [-0.39, 0.29) is 12.5 Å². The molecule has 0 radical (unpaired) electrons. The average Bonchev–Trinajstić information content (AvgIpc) is 3.10. The lowest BCUT2D eigenvalue weighted by molar-refractivity contribution is -0.145. The van der Waals surface area contributed by atoms with Crippen molar-refractivity contribution >= 4 is 6.21 Å². The number of rotatable bonds is 1. The number of fused-ring (bicyclic) bond motifs is 1. The van der Waals surface area contributed by atoms with E-state index in [1.165, 1.54) is 0 Å². The van der Waals surface area contributed by atoms with E-state index >= 15 is 0 Å². The lowest BCUT2D eigenvalue weighted by atomic mass is 10.0. The minimum atomic E-state index is -4.47. The number of hydrogen-bond acceptors (Lipinski definition) is 3. The molecular formula is C11H10F3N3. The highest BCUT2D eigenvalue weighted by Crippen LogP contribution is 2.42. The van der Waals surface area contributed by atoms with Crippen LogP contribution in [0.2, 0.25) is 0 Å². The van der Waals surface area contributed by atoms with E-state index in [0.717, 1.165) is 18.4 Å². The van der Waals surface area contributed by atoms with E-state index in [2.05, 4.69) is 15.0 Å². The number of hydrogen-bond donors (Lipinski definition) is 0. The Bertz CT molecular complexity index is 489. The van der Waals surface area contributed by atoms with Gasteiger partial charge in [-0.1, -0.05) is 0 Å². The molecule has 1 saturated carbocycles. The first kappa shape index (κ1) is 10.7. The molecule has 1 aromatic rings. The number of halogens is 3. The Balaban J connectivity index is 2.13. The van der Waals surface area contributed by atoms with E-state index in [4.69, 9.17) is 0 Å². The zero-order valence-electron chi connectivity index (χ0n) is 8.96. The lowest BCUT2D eigenvalue weighted by Crippen LogP contribution is -2.18. The minimum absolute atomic E-state index is 0.194. The molecule has 0 spiro atoms. The molecule has 0 saturated heterocycles.